The molecule has 4 heteroatoms. The Hall–Kier alpha value is -1.42. The molecule has 2 N–H and O–H groups in total. The summed E-state index contributed by atoms with van der Waals surface area (Å²) in [5.74, 6) is -0.845. The molecule has 17 heavy (non-hydrogen) atoms. The summed E-state index contributed by atoms with van der Waals surface area (Å²) in [6, 6.07) is 3.11. The molecule has 1 aliphatic heterocycles. The maximum Gasteiger partial charge on any atom is 0.153 e. The first-order chi connectivity index (χ1) is 8.27. The molecule has 0 amide bonds. The van der Waals surface area contributed by atoms with Gasteiger partial charge in [0.25, 0.3) is 0 Å². The Morgan fingerprint density at radius 2 is 1.94 bits per heavy atom. The van der Waals surface area contributed by atoms with Crippen molar-refractivity contribution in [3.63, 3.8) is 0 Å². The van der Waals surface area contributed by atoms with Crippen LogP contribution in [0.4, 0.5) is 8.78 Å². The second-order valence-electron chi connectivity index (χ2n) is 4.55. The molecule has 0 radical (unpaired) electrons. The van der Waals surface area contributed by atoms with Crippen LogP contribution in [-0.4, -0.2) is 18.1 Å². The zero-order valence-electron chi connectivity index (χ0n) is 9.39. The van der Waals surface area contributed by atoms with Crippen LogP contribution in [0.1, 0.15) is 24.3 Å². The molecular formula is C13H14F2N2. The Kier molecular flexibility index (Phi) is 2.59. The monoisotopic (exact) mass is 236 g/mol. The SMILES string of the molecule is Fc1cc2cc[nH]c2c(F)c1C1CCNCC1. The maximum absolute atomic E-state index is 14.3. The molecule has 0 spiro atoms. The van der Waals surface area contributed by atoms with Gasteiger partial charge in [-0.1, -0.05) is 0 Å². The summed E-state index contributed by atoms with van der Waals surface area (Å²) in [4.78, 5) is 2.84. The molecule has 1 fully saturated rings. The highest BCUT2D eigenvalue weighted by Crippen LogP contribution is 2.33. The molecule has 3 rings (SSSR count). The molecule has 0 unspecified atom stereocenters. The van der Waals surface area contributed by atoms with Gasteiger partial charge in [-0.05, 0) is 44.0 Å². The summed E-state index contributed by atoms with van der Waals surface area (Å²) in [7, 11) is 0. The minimum Gasteiger partial charge on any atom is -0.359 e. The van der Waals surface area contributed by atoms with E-state index in [2.05, 4.69) is 10.3 Å². The largest absolute Gasteiger partial charge is 0.359 e. The second-order valence-corrected chi connectivity index (χ2v) is 4.55. The summed E-state index contributed by atoms with van der Waals surface area (Å²) < 4.78 is 28.2. The lowest BCUT2D eigenvalue weighted by molar-refractivity contribution is 0.428. The standard InChI is InChI=1S/C13H14F2N2/c14-10-7-9-3-6-17-13(9)12(15)11(10)8-1-4-16-5-2-8/h3,6-8,16-17H,1-2,4-5H2. The van der Waals surface area contributed by atoms with Gasteiger partial charge < -0.3 is 10.3 Å². The zero-order chi connectivity index (χ0) is 11.8. The van der Waals surface area contributed by atoms with Crippen molar-refractivity contribution in [3.8, 4) is 0 Å². The van der Waals surface area contributed by atoms with Gasteiger partial charge in [-0.15, -0.1) is 0 Å². The van der Waals surface area contributed by atoms with Gasteiger partial charge in [-0.25, -0.2) is 8.78 Å². The number of H-pyrrole nitrogens is 1. The number of hydrogen-bond donors (Lipinski definition) is 2. The average Bonchev–Trinajstić information content (AvgIpc) is 2.78. The van der Waals surface area contributed by atoms with Crippen LogP contribution >= 0.6 is 0 Å². The van der Waals surface area contributed by atoms with Crippen LogP contribution in [0.15, 0.2) is 18.3 Å². The average molecular weight is 236 g/mol. The fraction of sp³-hybridized carbons (Fsp3) is 0.385. The number of halogens is 2. The molecule has 2 aromatic rings. The number of nitrogens with one attached hydrogen (secondary N) is 2. The van der Waals surface area contributed by atoms with Gasteiger partial charge in [0.1, 0.15) is 5.82 Å². The summed E-state index contributed by atoms with van der Waals surface area (Å²) >= 11 is 0. The highest BCUT2D eigenvalue weighted by Gasteiger charge is 2.24. The van der Waals surface area contributed by atoms with Crippen molar-refractivity contribution in [2.24, 2.45) is 0 Å². The van der Waals surface area contributed by atoms with Crippen LogP contribution in [0.25, 0.3) is 10.9 Å². The van der Waals surface area contributed by atoms with Gasteiger partial charge in [0.2, 0.25) is 0 Å². The van der Waals surface area contributed by atoms with E-state index in [4.69, 9.17) is 0 Å². The number of aromatic amines is 1. The van der Waals surface area contributed by atoms with E-state index in [-0.39, 0.29) is 11.5 Å². The minimum absolute atomic E-state index is 0.0102. The Labute approximate surface area is 98.0 Å². The Morgan fingerprint density at radius 1 is 1.18 bits per heavy atom. The van der Waals surface area contributed by atoms with Crippen LogP contribution in [0.2, 0.25) is 0 Å². The molecule has 1 saturated heterocycles. The summed E-state index contributed by atoms with van der Waals surface area (Å²) in [5.41, 5.74) is 0.668. The van der Waals surface area contributed by atoms with E-state index in [1.807, 2.05) is 0 Å². The van der Waals surface area contributed by atoms with E-state index < -0.39 is 11.6 Å². The summed E-state index contributed by atoms with van der Waals surface area (Å²) in [6.45, 7) is 1.65. The highest BCUT2D eigenvalue weighted by atomic mass is 19.1. The number of hydrogen-bond acceptors (Lipinski definition) is 1. The van der Waals surface area contributed by atoms with E-state index in [0.717, 1.165) is 25.9 Å². The fourth-order valence-electron chi connectivity index (χ4n) is 2.63. The third-order valence-corrected chi connectivity index (χ3v) is 3.52. The first-order valence-electron chi connectivity index (χ1n) is 5.93. The lowest BCUT2D eigenvalue weighted by atomic mass is 9.89. The van der Waals surface area contributed by atoms with Gasteiger partial charge in [0.15, 0.2) is 5.82 Å². The van der Waals surface area contributed by atoms with Crippen molar-refractivity contribution in [3.05, 3.63) is 35.5 Å². The van der Waals surface area contributed by atoms with Gasteiger partial charge in [0, 0.05) is 17.1 Å². The number of aromatic nitrogens is 1. The van der Waals surface area contributed by atoms with Gasteiger partial charge in [-0.2, -0.15) is 0 Å². The molecular weight excluding hydrogens is 222 g/mol. The van der Waals surface area contributed by atoms with Crippen LogP contribution < -0.4 is 5.32 Å². The smallest absolute Gasteiger partial charge is 0.153 e. The highest BCUT2D eigenvalue weighted by molar-refractivity contribution is 5.81. The topological polar surface area (TPSA) is 27.8 Å². The van der Waals surface area contributed by atoms with Gasteiger partial charge >= 0.3 is 0 Å². The molecule has 1 aromatic carbocycles. The molecule has 2 heterocycles. The number of fused-ring (bicyclic) bond motifs is 1. The van der Waals surface area contributed by atoms with E-state index >= 15 is 0 Å². The lowest BCUT2D eigenvalue weighted by Crippen LogP contribution is -2.27. The molecule has 2 nitrogen and oxygen atoms in total. The first kappa shape index (κ1) is 10.7. The third-order valence-electron chi connectivity index (χ3n) is 3.52. The number of piperidine rings is 1. The first-order valence-corrected chi connectivity index (χ1v) is 5.93. The molecule has 1 aliphatic rings. The van der Waals surface area contributed by atoms with Crippen LogP contribution in [-0.2, 0) is 0 Å². The van der Waals surface area contributed by atoms with Crippen molar-refractivity contribution >= 4 is 10.9 Å². The predicted octanol–water partition coefficient (Wildman–Crippen LogP) is 2.91. The maximum atomic E-state index is 14.3. The molecule has 0 bridgehead atoms. The Balaban J connectivity index is 2.13. The van der Waals surface area contributed by atoms with Crippen molar-refractivity contribution in [2.45, 2.75) is 18.8 Å². The van der Waals surface area contributed by atoms with Gasteiger partial charge in [-0.3, -0.25) is 0 Å². The van der Waals surface area contributed by atoms with Crippen LogP contribution in [0.3, 0.4) is 0 Å². The number of benzene rings is 1. The normalized spacial score (nSPS) is 17.8. The molecule has 0 atom stereocenters. The van der Waals surface area contributed by atoms with Crippen LogP contribution in [0.5, 0.6) is 0 Å². The third kappa shape index (κ3) is 1.72. The molecule has 0 saturated carbocycles. The quantitative estimate of drug-likeness (QED) is 0.782. The fourth-order valence-corrected chi connectivity index (χ4v) is 2.63. The Morgan fingerprint density at radius 3 is 2.71 bits per heavy atom. The van der Waals surface area contributed by atoms with Gasteiger partial charge in [0.05, 0.1) is 5.52 Å². The van der Waals surface area contributed by atoms with E-state index in [1.54, 1.807) is 12.3 Å². The Bertz CT molecular complexity index is 542. The van der Waals surface area contributed by atoms with E-state index in [9.17, 15) is 8.78 Å². The van der Waals surface area contributed by atoms with Crippen molar-refractivity contribution < 1.29 is 8.78 Å². The predicted molar refractivity (Wildman–Crippen MR) is 63.1 cm³/mol. The molecule has 1 aromatic heterocycles. The molecule has 0 aliphatic carbocycles. The molecule has 90 valence electrons. The van der Waals surface area contributed by atoms with Crippen molar-refractivity contribution in [2.75, 3.05) is 13.1 Å². The number of rotatable bonds is 1. The van der Waals surface area contributed by atoms with Crippen LogP contribution in [0, 0.1) is 11.6 Å². The zero-order valence-corrected chi connectivity index (χ0v) is 9.39. The van der Waals surface area contributed by atoms with Crippen molar-refractivity contribution in [1.29, 1.82) is 0 Å². The van der Waals surface area contributed by atoms with Crippen molar-refractivity contribution in [1.82, 2.24) is 10.3 Å². The summed E-state index contributed by atoms with van der Waals surface area (Å²) in [5, 5.41) is 3.80. The lowest BCUT2D eigenvalue weighted by Gasteiger charge is -2.23. The second kappa shape index (κ2) is 4.11. The van der Waals surface area contributed by atoms with E-state index in [1.165, 1.54) is 6.07 Å². The summed E-state index contributed by atoms with van der Waals surface area (Å²) in [6.07, 6.45) is 3.22. The minimum atomic E-state index is -0.420. The van der Waals surface area contributed by atoms with E-state index in [0.29, 0.717) is 10.9 Å².